The van der Waals surface area contributed by atoms with Crippen LogP contribution in [-0.4, -0.2) is 24.5 Å². The topological polar surface area (TPSA) is 29.3 Å². The Morgan fingerprint density at radius 2 is 2.00 bits per heavy atom. The largest absolute Gasteiger partial charge is 0.323 e. The second-order valence-electron chi connectivity index (χ2n) is 5.35. The Labute approximate surface area is 105 Å². The molecule has 2 heteroatoms. The summed E-state index contributed by atoms with van der Waals surface area (Å²) in [7, 11) is 0. The van der Waals surface area contributed by atoms with E-state index in [9.17, 15) is 0 Å². The molecular weight excluding hydrogens is 208 g/mol. The first-order valence-electron chi connectivity index (χ1n) is 6.78. The Kier molecular flexibility index (Phi) is 4.57. The molecule has 1 saturated heterocycles. The van der Waals surface area contributed by atoms with Crippen molar-refractivity contribution in [3.05, 3.63) is 35.9 Å². The summed E-state index contributed by atoms with van der Waals surface area (Å²) in [6.45, 7) is 5.78. The highest BCUT2D eigenvalue weighted by Crippen LogP contribution is 2.18. The molecule has 1 aliphatic heterocycles. The first-order valence-corrected chi connectivity index (χ1v) is 6.78. The van der Waals surface area contributed by atoms with Crippen LogP contribution < -0.4 is 5.73 Å². The van der Waals surface area contributed by atoms with E-state index in [1.54, 1.807) is 0 Å². The molecule has 94 valence electrons. The van der Waals surface area contributed by atoms with Crippen LogP contribution >= 0.6 is 0 Å². The van der Waals surface area contributed by atoms with Gasteiger partial charge in [0.05, 0.1) is 0 Å². The molecule has 1 fully saturated rings. The minimum atomic E-state index is 0.157. The van der Waals surface area contributed by atoms with Gasteiger partial charge in [-0.05, 0) is 43.8 Å². The van der Waals surface area contributed by atoms with Gasteiger partial charge in [-0.3, -0.25) is 0 Å². The molecule has 1 aliphatic rings. The van der Waals surface area contributed by atoms with Gasteiger partial charge in [0.2, 0.25) is 0 Å². The third-order valence-corrected chi connectivity index (χ3v) is 3.79. The highest BCUT2D eigenvalue weighted by molar-refractivity contribution is 5.18. The lowest BCUT2D eigenvalue weighted by atomic mass is 10.0. The molecule has 0 saturated carbocycles. The van der Waals surface area contributed by atoms with Gasteiger partial charge in [-0.25, -0.2) is 0 Å². The number of likely N-dealkylation sites (tertiary alicyclic amines) is 1. The van der Waals surface area contributed by atoms with Crippen molar-refractivity contribution in [2.45, 2.75) is 32.2 Å². The normalized spacial score (nSPS) is 24.2. The zero-order valence-corrected chi connectivity index (χ0v) is 10.8. The van der Waals surface area contributed by atoms with Crippen LogP contribution in [0.2, 0.25) is 0 Å². The van der Waals surface area contributed by atoms with Gasteiger partial charge in [0.15, 0.2) is 0 Å². The fourth-order valence-electron chi connectivity index (χ4n) is 2.59. The fraction of sp³-hybridized carbons (Fsp3) is 0.600. The molecule has 2 unspecified atom stereocenters. The zero-order valence-electron chi connectivity index (χ0n) is 10.8. The fourth-order valence-corrected chi connectivity index (χ4v) is 2.59. The Morgan fingerprint density at radius 1 is 1.24 bits per heavy atom. The third kappa shape index (κ3) is 3.83. The molecule has 0 aliphatic carbocycles. The Bertz CT molecular complexity index is 323. The first kappa shape index (κ1) is 12.6. The highest BCUT2D eigenvalue weighted by atomic mass is 15.1. The average molecular weight is 232 g/mol. The van der Waals surface area contributed by atoms with Gasteiger partial charge in [-0.15, -0.1) is 0 Å². The number of hydrogen-bond donors (Lipinski definition) is 1. The van der Waals surface area contributed by atoms with Crippen LogP contribution in [0.4, 0.5) is 0 Å². The van der Waals surface area contributed by atoms with Gasteiger partial charge in [-0.1, -0.05) is 37.3 Å². The van der Waals surface area contributed by atoms with E-state index >= 15 is 0 Å². The standard InChI is InChI=1S/C15H24N2/c1-13-6-5-10-17(11-9-13)12-15(16)14-7-3-2-4-8-14/h2-4,7-8,13,15H,5-6,9-12,16H2,1H3. The Hall–Kier alpha value is -0.860. The SMILES string of the molecule is CC1CCCN(CC(N)c2ccccc2)CC1. The van der Waals surface area contributed by atoms with Crippen molar-refractivity contribution in [1.29, 1.82) is 0 Å². The molecular formula is C15H24N2. The monoisotopic (exact) mass is 232 g/mol. The summed E-state index contributed by atoms with van der Waals surface area (Å²) in [5.41, 5.74) is 7.52. The molecule has 2 atom stereocenters. The maximum Gasteiger partial charge on any atom is 0.0424 e. The van der Waals surface area contributed by atoms with Crippen LogP contribution in [0.15, 0.2) is 30.3 Å². The van der Waals surface area contributed by atoms with Crippen LogP contribution in [0, 0.1) is 5.92 Å². The van der Waals surface area contributed by atoms with E-state index in [1.165, 1.54) is 37.9 Å². The van der Waals surface area contributed by atoms with Crippen LogP contribution in [0.25, 0.3) is 0 Å². The average Bonchev–Trinajstić information content (AvgIpc) is 2.56. The summed E-state index contributed by atoms with van der Waals surface area (Å²) >= 11 is 0. The van der Waals surface area contributed by atoms with E-state index in [0.29, 0.717) is 0 Å². The first-order chi connectivity index (χ1) is 8.25. The quantitative estimate of drug-likeness (QED) is 0.868. The van der Waals surface area contributed by atoms with Crippen molar-refractivity contribution in [2.24, 2.45) is 11.7 Å². The molecule has 1 heterocycles. The minimum Gasteiger partial charge on any atom is -0.323 e. The van der Waals surface area contributed by atoms with Crippen LogP contribution in [0.1, 0.15) is 37.8 Å². The summed E-state index contributed by atoms with van der Waals surface area (Å²) in [5, 5.41) is 0. The smallest absolute Gasteiger partial charge is 0.0424 e. The van der Waals surface area contributed by atoms with Crippen molar-refractivity contribution < 1.29 is 0 Å². The van der Waals surface area contributed by atoms with Gasteiger partial charge in [0.1, 0.15) is 0 Å². The second-order valence-corrected chi connectivity index (χ2v) is 5.35. The number of benzene rings is 1. The van der Waals surface area contributed by atoms with Crippen molar-refractivity contribution in [1.82, 2.24) is 4.90 Å². The maximum atomic E-state index is 6.27. The number of nitrogens with two attached hydrogens (primary N) is 1. The Morgan fingerprint density at radius 3 is 2.76 bits per heavy atom. The molecule has 0 amide bonds. The van der Waals surface area contributed by atoms with Crippen LogP contribution in [-0.2, 0) is 0 Å². The lowest BCUT2D eigenvalue weighted by molar-refractivity contribution is 0.265. The molecule has 0 spiro atoms. The molecule has 1 aromatic rings. The van der Waals surface area contributed by atoms with E-state index in [4.69, 9.17) is 5.73 Å². The summed E-state index contributed by atoms with van der Waals surface area (Å²) in [6, 6.07) is 10.6. The van der Waals surface area contributed by atoms with Gasteiger partial charge in [0.25, 0.3) is 0 Å². The van der Waals surface area contributed by atoms with Gasteiger partial charge in [0, 0.05) is 12.6 Å². The predicted octanol–water partition coefficient (Wildman–Crippen LogP) is 2.81. The number of nitrogens with zero attached hydrogens (tertiary/aromatic N) is 1. The van der Waals surface area contributed by atoms with E-state index < -0.39 is 0 Å². The minimum absolute atomic E-state index is 0.157. The van der Waals surface area contributed by atoms with Gasteiger partial charge in [-0.2, -0.15) is 0 Å². The molecule has 2 nitrogen and oxygen atoms in total. The third-order valence-electron chi connectivity index (χ3n) is 3.79. The van der Waals surface area contributed by atoms with E-state index in [0.717, 1.165) is 12.5 Å². The molecule has 17 heavy (non-hydrogen) atoms. The second kappa shape index (κ2) is 6.18. The zero-order chi connectivity index (χ0) is 12.1. The maximum absolute atomic E-state index is 6.27. The van der Waals surface area contributed by atoms with Gasteiger partial charge >= 0.3 is 0 Å². The predicted molar refractivity (Wildman–Crippen MR) is 72.8 cm³/mol. The van der Waals surface area contributed by atoms with E-state index in [-0.39, 0.29) is 6.04 Å². The Balaban J connectivity index is 1.88. The van der Waals surface area contributed by atoms with Crippen LogP contribution in [0.5, 0.6) is 0 Å². The molecule has 1 aromatic carbocycles. The summed E-state index contributed by atoms with van der Waals surface area (Å²) < 4.78 is 0. The molecule has 2 rings (SSSR count). The van der Waals surface area contributed by atoms with Gasteiger partial charge < -0.3 is 10.6 Å². The highest BCUT2D eigenvalue weighted by Gasteiger charge is 2.16. The summed E-state index contributed by atoms with van der Waals surface area (Å²) in [6.07, 6.45) is 4.02. The summed E-state index contributed by atoms with van der Waals surface area (Å²) in [5.74, 6) is 0.882. The molecule has 0 aromatic heterocycles. The van der Waals surface area contributed by atoms with E-state index in [1.807, 2.05) is 6.07 Å². The number of hydrogen-bond acceptors (Lipinski definition) is 2. The van der Waals surface area contributed by atoms with Crippen molar-refractivity contribution in [3.63, 3.8) is 0 Å². The summed E-state index contributed by atoms with van der Waals surface area (Å²) in [4.78, 5) is 2.53. The van der Waals surface area contributed by atoms with Crippen molar-refractivity contribution in [2.75, 3.05) is 19.6 Å². The van der Waals surface area contributed by atoms with Crippen molar-refractivity contribution >= 4 is 0 Å². The number of rotatable bonds is 3. The van der Waals surface area contributed by atoms with Crippen LogP contribution in [0.3, 0.4) is 0 Å². The van der Waals surface area contributed by atoms with E-state index in [2.05, 4.69) is 36.1 Å². The molecule has 2 N–H and O–H groups in total. The molecule has 0 bridgehead atoms. The molecule has 0 radical (unpaired) electrons. The lowest BCUT2D eigenvalue weighted by Crippen LogP contribution is -2.33. The van der Waals surface area contributed by atoms with Crippen molar-refractivity contribution in [3.8, 4) is 0 Å². The lowest BCUT2D eigenvalue weighted by Gasteiger charge is -2.24.